The Kier molecular flexibility index (Phi) is 6.20. The Labute approximate surface area is 124 Å². The third-order valence-corrected chi connectivity index (χ3v) is 3.16. The van der Waals surface area contributed by atoms with E-state index in [4.69, 9.17) is 9.47 Å². The molecule has 0 saturated heterocycles. The van der Waals surface area contributed by atoms with Crippen LogP contribution in [-0.2, 0) is 4.74 Å². The van der Waals surface area contributed by atoms with Gasteiger partial charge in [0.05, 0.1) is 18.4 Å². The van der Waals surface area contributed by atoms with Gasteiger partial charge in [-0.25, -0.2) is 0 Å². The smallest absolute Gasteiger partial charge is 0.387 e. The van der Waals surface area contributed by atoms with Gasteiger partial charge in [-0.05, 0) is 39.3 Å². The third-order valence-electron chi connectivity index (χ3n) is 3.16. The lowest BCUT2D eigenvalue weighted by atomic mass is 9.99. The number of halogens is 2. The molecule has 0 aliphatic rings. The van der Waals surface area contributed by atoms with Crippen LogP contribution in [0.3, 0.4) is 0 Å². The SMILES string of the molecule is COc1ccc(OC(F)F)c(NC(C)CC(C)(C)OC)c1. The summed E-state index contributed by atoms with van der Waals surface area (Å²) in [6.45, 7) is 3.01. The van der Waals surface area contributed by atoms with Crippen molar-refractivity contribution in [2.24, 2.45) is 0 Å². The van der Waals surface area contributed by atoms with Crippen molar-refractivity contribution in [3.8, 4) is 11.5 Å². The van der Waals surface area contributed by atoms with Crippen molar-refractivity contribution in [2.75, 3.05) is 19.5 Å². The number of hydrogen-bond acceptors (Lipinski definition) is 4. The Bertz CT molecular complexity index is 453. The van der Waals surface area contributed by atoms with Crippen molar-refractivity contribution in [3.05, 3.63) is 18.2 Å². The number of rotatable bonds is 8. The number of hydrogen-bond donors (Lipinski definition) is 1. The summed E-state index contributed by atoms with van der Waals surface area (Å²) in [5, 5.41) is 3.16. The molecule has 1 rings (SSSR count). The summed E-state index contributed by atoms with van der Waals surface area (Å²) in [7, 11) is 3.16. The zero-order valence-electron chi connectivity index (χ0n) is 13.1. The summed E-state index contributed by atoms with van der Waals surface area (Å²) in [4.78, 5) is 0. The molecule has 0 radical (unpaired) electrons. The van der Waals surface area contributed by atoms with Gasteiger partial charge in [-0.3, -0.25) is 0 Å². The summed E-state index contributed by atoms with van der Waals surface area (Å²) in [6.07, 6.45) is 0.703. The van der Waals surface area contributed by atoms with Gasteiger partial charge in [-0.15, -0.1) is 0 Å². The first-order valence-electron chi connectivity index (χ1n) is 6.72. The fourth-order valence-electron chi connectivity index (χ4n) is 2.08. The highest BCUT2D eigenvalue weighted by Crippen LogP contribution is 2.32. The fraction of sp³-hybridized carbons (Fsp3) is 0.600. The van der Waals surface area contributed by atoms with E-state index in [1.165, 1.54) is 13.2 Å². The van der Waals surface area contributed by atoms with E-state index in [0.717, 1.165) is 0 Å². The summed E-state index contributed by atoms with van der Waals surface area (Å²) in [6, 6.07) is 4.68. The van der Waals surface area contributed by atoms with Crippen molar-refractivity contribution >= 4 is 5.69 Å². The zero-order chi connectivity index (χ0) is 16.0. The van der Waals surface area contributed by atoms with Crippen molar-refractivity contribution in [2.45, 2.75) is 45.4 Å². The zero-order valence-corrected chi connectivity index (χ0v) is 13.1. The first-order valence-corrected chi connectivity index (χ1v) is 6.72. The quantitative estimate of drug-likeness (QED) is 0.790. The topological polar surface area (TPSA) is 39.7 Å². The number of anilines is 1. The molecule has 0 fully saturated rings. The van der Waals surface area contributed by atoms with Gasteiger partial charge >= 0.3 is 6.61 Å². The minimum absolute atomic E-state index is 0.00655. The van der Waals surface area contributed by atoms with Gasteiger partial charge in [-0.2, -0.15) is 8.78 Å². The van der Waals surface area contributed by atoms with E-state index in [-0.39, 0.29) is 17.4 Å². The Morgan fingerprint density at radius 1 is 1.24 bits per heavy atom. The second-order valence-corrected chi connectivity index (χ2v) is 5.45. The molecule has 1 aromatic carbocycles. The molecule has 0 spiro atoms. The summed E-state index contributed by atoms with van der Waals surface area (Å²) in [5.74, 6) is 0.658. The highest BCUT2D eigenvalue weighted by molar-refractivity contribution is 5.60. The highest BCUT2D eigenvalue weighted by atomic mass is 19.3. The van der Waals surface area contributed by atoms with Crippen molar-refractivity contribution in [3.63, 3.8) is 0 Å². The summed E-state index contributed by atoms with van der Waals surface area (Å²) in [5.41, 5.74) is 0.156. The van der Waals surface area contributed by atoms with Gasteiger partial charge in [0.1, 0.15) is 11.5 Å². The Hall–Kier alpha value is -1.56. The van der Waals surface area contributed by atoms with Crippen LogP contribution in [0.25, 0.3) is 0 Å². The maximum atomic E-state index is 12.4. The average Bonchev–Trinajstić information content (AvgIpc) is 2.39. The van der Waals surface area contributed by atoms with Gasteiger partial charge in [0.2, 0.25) is 0 Å². The van der Waals surface area contributed by atoms with Crippen LogP contribution in [0.15, 0.2) is 18.2 Å². The molecule has 21 heavy (non-hydrogen) atoms. The number of nitrogens with one attached hydrogen (secondary N) is 1. The van der Waals surface area contributed by atoms with E-state index < -0.39 is 6.61 Å². The number of alkyl halides is 2. The molecular formula is C15H23F2NO3. The molecule has 1 aromatic rings. The van der Waals surface area contributed by atoms with Crippen LogP contribution >= 0.6 is 0 Å². The highest BCUT2D eigenvalue weighted by Gasteiger charge is 2.21. The summed E-state index contributed by atoms with van der Waals surface area (Å²) < 4.78 is 39.9. The minimum atomic E-state index is -2.87. The van der Waals surface area contributed by atoms with E-state index in [1.54, 1.807) is 19.2 Å². The van der Waals surface area contributed by atoms with Crippen molar-refractivity contribution in [1.29, 1.82) is 0 Å². The van der Waals surface area contributed by atoms with Gasteiger partial charge in [0.25, 0.3) is 0 Å². The molecule has 1 atom stereocenters. The van der Waals surface area contributed by atoms with Crippen LogP contribution in [0.2, 0.25) is 0 Å². The van der Waals surface area contributed by atoms with E-state index >= 15 is 0 Å². The first kappa shape index (κ1) is 17.5. The maximum absolute atomic E-state index is 12.4. The Balaban J connectivity index is 2.88. The lowest BCUT2D eigenvalue weighted by Crippen LogP contribution is -2.31. The average molecular weight is 303 g/mol. The van der Waals surface area contributed by atoms with E-state index in [1.807, 2.05) is 20.8 Å². The summed E-state index contributed by atoms with van der Waals surface area (Å²) >= 11 is 0. The van der Waals surface area contributed by atoms with Crippen LogP contribution in [-0.4, -0.2) is 32.5 Å². The molecule has 0 aromatic heterocycles. The third kappa shape index (κ3) is 5.75. The Morgan fingerprint density at radius 2 is 1.90 bits per heavy atom. The van der Waals surface area contributed by atoms with E-state index in [0.29, 0.717) is 17.9 Å². The predicted molar refractivity (Wildman–Crippen MR) is 78.4 cm³/mol. The second kappa shape index (κ2) is 7.45. The predicted octanol–water partition coefficient (Wildman–Crippen LogP) is 3.91. The first-order chi connectivity index (χ1) is 9.77. The van der Waals surface area contributed by atoms with Crippen LogP contribution in [0.4, 0.5) is 14.5 Å². The van der Waals surface area contributed by atoms with Crippen molar-refractivity contribution in [1.82, 2.24) is 0 Å². The monoisotopic (exact) mass is 303 g/mol. The molecule has 120 valence electrons. The largest absolute Gasteiger partial charge is 0.497 e. The lowest BCUT2D eigenvalue weighted by Gasteiger charge is -2.28. The molecule has 6 heteroatoms. The molecule has 0 heterocycles. The molecule has 0 aliphatic carbocycles. The molecule has 0 amide bonds. The second-order valence-electron chi connectivity index (χ2n) is 5.45. The molecule has 0 bridgehead atoms. The van der Waals surface area contributed by atoms with Gasteiger partial charge in [0, 0.05) is 19.2 Å². The van der Waals surface area contributed by atoms with Crippen LogP contribution in [0.1, 0.15) is 27.2 Å². The molecule has 1 unspecified atom stereocenters. The van der Waals surface area contributed by atoms with Gasteiger partial charge < -0.3 is 19.5 Å². The Morgan fingerprint density at radius 3 is 2.43 bits per heavy atom. The molecule has 0 saturated carbocycles. The van der Waals surface area contributed by atoms with E-state index in [9.17, 15) is 8.78 Å². The van der Waals surface area contributed by atoms with Crippen LogP contribution in [0, 0.1) is 0 Å². The van der Waals surface area contributed by atoms with Gasteiger partial charge in [-0.1, -0.05) is 0 Å². The molecule has 0 aliphatic heterocycles. The number of ether oxygens (including phenoxy) is 3. The maximum Gasteiger partial charge on any atom is 0.387 e. The standard InChI is InChI=1S/C15H23F2NO3/c1-10(9-15(2,3)20-5)18-12-8-11(19-4)6-7-13(12)21-14(16)17/h6-8,10,14,18H,9H2,1-5H3. The fourth-order valence-corrected chi connectivity index (χ4v) is 2.08. The lowest BCUT2D eigenvalue weighted by molar-refractivity contribution is -0.0494. The van der Waals surface area contributed by atoms with E-state index in [2.05, 4.69) is 10.1 Å². The van der Waals surface area contributed by atoms with Crippen molar-refractivity contribution < 1.29 is 23.0 Å². The minimum Gasteiger partial charge on any atom is -0.497 e. The number of benzene rings is 1. The van der Waals surface area contributed by atoms with Crippen LogP contribution in [0.5, 0.6) is 11.5 Å². The normalized spacial score (nSPS) is 13.1. The molecular weight excluding hydrogens is 280 g/mol. The van der Waals surface area contributed by atoms with Gasteiger partial charge in [0.15, 0.2) is 0 Å². The number of methoxy groups -OCH3 is 2. The molecule has 4 nitrogen and oxygen atoms in total. The van der Waals surface area contributed by atoms with Crippen LogP contribution < -0.4 is 14.8 Å². The molecule has 1 N–H and O–H groups in total.